The van der Waals surface area contributed by atoms with Crippen LogP contribution < -0.4 is 4.74 Å². The molecule has 1 aromatic carbocycles. The van der Waals surface area contributed by atoms with E-state index in [1.807, 2.05) is 47.9 Å². The molecule has 0 unspecified atom stereocenters. The Morgan fingerprint density at radius 2 is 2.24 bits per heavy atom. The van der Waals surface area contributed by atoms with E-state index in [1.165, 1.54) is 0 Å². The first-order chi connectivity index (χ1) is 10.2. The number of hydrogen-bond acceptors (Lipinski definition) is 4. The lowest BCUT2D eigenvalue weighted by atomic mass is 10.1. The number of ether oxygens (including phenoxy) is 2. The average Bonchev–Trinajstić information content (AvgIpc) is 2.94. The van der Waals surface area contributed by atoms with Gasteiger partial charge in [0.05, 0.1) is 6.61 Å². The van der Waals surface area contributed by atoms with Gasteiger partial charge in [0.2, 0.25) is 0 Å². The molecule has 5 heteroatoms. The van der Waals surface area contributed by atoms with Crippen LogP contribution in [0.25, 0.3) is 0 Å². The summed E-state index contributed by atoms with van der Waals surface area (Å²) in [6.07, 6.45) is 1.85. The molecule has 2 saturated heterocycles. The second-order valence-corrected chi connectivity index (χ2v) is 7.03. The molecule has 0 atom stereocenters. The van der Waals surface area contributed by atoms with Crippen LogP contribution in [0.5, 0.6) is 5.75 Å². The Labute approximate surface area is 129 Å². The van der Waals surface area contributed by atoms with Crippen LogP contribution in [0.4, 0.5) is 0 Å². The second kappa shape index (κ2) is 6.28. The smallest absolute Gasteiger partial charge is 0.260 e. The van der Waals surface area contributed by atoms with Gasteiger partial charge in [0.25, 0.3) is 5.91 Å². The quantitative estimate of drug-likeness (QED) is 0.860. The number of carbonyl (C=O) groups excluding carboxylic acids is 1. The molecule has 0 radical (unpaired) electrons. The monoisotopic (exact) mass is 307 g/mol. The zero-order chi connectivity index (χ0) is 14.7. The molecular formula is C16H21NO3S. The molecule has 2 heterocycles. The topological polar surface area (TPSA) is 38.8 Å². The van der Waals surface area contributed by atoms with Crippen molar-refractivity contribution in [2.75, 3.05) is 32.1 Å². The minimum Gasteiger partial charge on any atom is -0.484 e. The number of piperidine rings is 1. The van der Waals surface area contributed by atoms with E-state index in [1.54, 1.807) is 0 Å². The van der Waals surface area contributed by atoms with Gasteiger partial charge < -0.3 is 14.4 Å². The standard InChI is InChI=1S/C16H21NO3S/c1-13-3-2-4-14(11-13)19-12-15(18)17-7-5-16(6-8-17)20-9-10-21-16/h2-4,11H,5-10,12H2,1H3. The molecule has 1 aromatic rings. The third-order valence-electron chi connectivity index (χ3n) is 4.04. The van der Waals surface area contributed by atoms with Gasteiger partial charge in [0.1, 0.15) is 10.7 Å². The molecule has 0 N–H and O–H groups in total. The number of likely N-dealkylation sites (tertiary alicyclic amines) is 1. The first-order valence-corrected chi connectivity index (χ1v) is 8.41. The number of hydrogen-bond donors (Lipinski definition) is 0. The minimum atomic E-state index is -0.0197. The van der Waals surface area contributed by atoms with Crippen LogP contribution in [0.1, 0.15) is 18.4 Å². The van der Waals surface area contributed by atoms with Crippen LogP contribution in [-0.4, -0.2) is 47.8 Å². The number of benzene rings is 1. The largest absolute Gasteiger partial charge is 0.484 e. The van der Waals surface area contributed by atoms with Gasteiger partial charge in [-0.3, -0.25) is 4.79 Å². The molecular weight excluding hydrogens is 286 g/mol. The number of carbonyl (C=O) groups is 1. The van der Waals surface area contributed by atoms with Crippen LogP contribution in [0.2, 0.25) is 0 Å². The fraction of sp³-hybridized carbons (Fsp3) is 0.562. The van der Waals surface area contributed by atoms with Gasteiger partial charge >= 0.3 is 0 Å². The molecule has 0 aliphatic carbocycles. The Bertz CT molecular complexity index is 504. The number of amides is 1. The van der Waals surface area contributed by atoms with Gasteiger partial charge in [0.15, 0.2) is 6.61 Å². The van der Waals surface area contributed by atoms with Gasteiger partial charge in [-0.25, -0.2) is 0 Å². The maximum Gasteiger partial charge on any atom is 0.260 e. The summed E-state index contributed by atoms with van der Waals surface area (Å²) in [5, 5.41) is 0. The summed E-state index contributed by atoms with van der Waals surface area (Å²) in [4.78, 5) is 14.1. The van der Waals surface area contributed by atoms with E-state index in [0.29, 0.717) is 0 Å². The van der Waals surface area contributed by atoms with Crippen LogP contribution in [0, 0.1) is 6.92 Å². The summed E-state index contributed by atoms with van der Waals surface area (Å²) in [7, 11) is 0. The first-order valence-electron chi connectivity index (χ1n) is 7.42. The summed E-state index contributed by atoms with van der Waals surface area (Å²) >= 11 is 1.90. The third-order valence-corrected chi connectivity index (χ3v) is 5.47. The highest BCUT2D eigenvalue weighted by atomic mass is 32.2. The van der Waals surface area contributed by atoms with E-state index in [9.17, 15) is 4.79 Å². The van der Waals surface area contributed by atoms with Crippen molar-refractivity contribution >= 4 is 17.7 Å². The van der Waals surface area contributed by atoms with Crippen molar-refractivity contribution in [1.29, 1.82) is 0 Å². The van der Waals surface area contributed by atoms with Crippen molar-refractivity contribution < 1.29 is 14.3 Å². The van der Waals surface area contributed by atoms with Gasteiger partial charge in [-0.2, -0.15) is 0 Å². The predicted octanol–water partition coefficient (Wildman–Crippen LogP) is 2.46. The summed E-state index contributed by atoms with van der Waals surface area (Å²) < 4.78 is 11.4. The van der Waals surface area contributed by atoms with Gasteiger partial charge in [-0.1, -0.05) is 12.1 Å². The van der Waals surface area contributed by atoms with E-state index < -0.39 is 0 Å². The van der Waals surface area contributed by atoms with Crippen molar-refractivity contribution in [3.8, 4) is 5.75 Å². The second-order valence-electron chi connectivity index (χ2n) is 5.59. The van der Waals surface area contributed by atoms with Gasteiger partial charge in [0, 0.05) is 31.7 Å². The predicted molar refractivity (Wildman–Crippen MR) is 83.6 cm³/mol. The number of nitrogens with zero attached hydrogens (tertiary/aromatic N) is 1. The summed E-state index contributed by atoms with van der Waals surface area (Å²) in [5.74, 6) is 1.89. The molecule has 1 spiro atoms. The van der Waals surface area contributed by atoms with Crippen LogP contribution in [-0.2, 0) is 9.53 Å². The van der Waals surface area contributed by atoms with E-state index in [0.717, 1.165) is 49.6 Å². The van der Waals surface area contributed by atoms with E-state index in [2.05, 4.69) is 0 Å². The Morgan fingerprint density at radius 1 is 1.43 bits per heavy atom. The third kappa shape index (κ3) is 3.52. The Morgan fingerprint density at radius 3 is 2.90 bits per heavy atom. The maximum atomic E-state index is 12.2. The normalized spacial score (nSPS) is 20.7. The van der Waals surface area contributed by atoms with E-state index in [4.69, 9.17) is 9.47 Å². The van der Waals surface area contributed by atoms with Crippen molar-refractivity contribution in [2.24, 2.45) is 0 Å². The lowest BCUT2D eigenvalue weighted by Gasteiger charge is -2.37. The Kier molecular flexibility index (Phi) is 4.40. The van der Waals surface area contributed by atoms with Crippen LogP contribution >= 0.6 is 11.8 Å². The first kappa shape index (κ1) is 14.7. The van der Waals surface area contributed by atoms with Crippen LogP contribution in [0.15, 0.2) is 24.3 Å². The maximum absolute atomic E-state index is 12.2. The van der Waals surface area contributed by atoms with Crippen molar-refractivity contribution in [1.82, 2.24) is 4.90 Å². The van der Waals surface area contributed by atoms with Crippen LogP contribution in [0.3, 0.4) is 0 Å². The number of thioether (sulfide) groups is 1. The zero-order valence-corrected chi connectivity index (χ0v) is 13.2. The summed E-state index contributed by atoms with van der Waals surface area (Å²) in [6, 6.07) is 7.78. The summed E-state index contributed by atoms with van der Waals surface area (Å²) in [5.41, 5.74) is 1.13. The molecule has 21 heavy (non-hydrogen) atoms. The zero-order valence-electron chi connectivity index (χ0n) is 12.3. The minimum absolute atomic E-state index is 0.0197. The molecule has 3 rings (SSSR count). The summed E-state index contributed by atoms with van der Waals surface area (Å²) in [6.45, 7) is 4.50. The highest BCUT2D eigenvalue weighted by molar-refractivity contribution is 8.00. The number of rotatable bonds is 3. The molecule has 0 saturated carbocycles. The van der Waals surface area contributed by atoms with E-state index >= 15 is 0 Å². The molecule has 114 valence electrons. The highest BCUT2D eigenvalue weighted by Crippen LogP contribution is 2.41. The van der Waals surface area contributed by atoms with Crippen molar-refractivity contribution in [3.05, 3.63) is 29.8 Å². The molecule has 2 aliphatic heterocycles. The molecule has 1 amide bonds. The number of aryl methyl sites for hydroxylation is 1. The van der Waals surface area contributed by atoms with E-state index in [-0.39, 0.29) is 17.4 Å². The fourth-order valence-corrected chi connectivity index (χ4v) is 4.00. The molecule has 2 fully saturated rings. The lowest BCUT2D eigenvalue weighted by molar-refractivity contribution is -0.136. The lowest BCUT2D eigenvalue weighted by Crippen LogP contribution is -2.46. The van der Waals surface area contributed by atoms with Gasteiger partial charge in [-0.05, 0) is 24.6 Å². The van der Waals surface area contributed by atoms with Crippen molar-refractivity contribution in [2.45, 2.75) is 24.7 Å². The van der Waals surface area contributed by atoms with Gasteiger partial charge in [-0.15, -0.1) is 11.8 Å². The molecule has 0 aromatic heterocycles. The SMILES string of the molecule is Cc1cccc(OCC(=O)N2CCC3(CC2)OCCS3)c1. The molecule has 2 aliphatic rings. The fourth-order valence-electron chi connectivity index (χ4n) is 2.82. The Hall–Kier alpha value is -1.20. The average molecular weight is 307 g/mol. The Balaban J connectivity index is 1.48. The van der Waals surface area contributed by atoms with Crippen molar-refractivity contribution in [3.63, 3.8) is 0 Å². The molecule has 0 bridgehead atoms. The highest BCUT2D eigenvalue weighted by Gasteiger charge is 2.40. The molecule has 4 nitrogen and oxygen atoms in total.